The maximum absolute atomic E-state index is 11.6. The van der Waals surface area contributed by atoms with E-state index in [2.05, 4.69) is 16.4 Å². The Balaban J connectivity index is 1.27. The highest BCUT2D eigenvalue weighted by Crippen LogP contribution is 2.45. The summed E-state index contributed by atoms with van der Waals surface area (Å²) in [5, 5.41) is 32.5. The number of fused-ring (bicyclic) bond motifs is 2. The summed E-state index contributed by atoms with van der Waals surface area (Å²) in [6.45, 7) is 0. The number of nitrogens with zero attached hydrogens (tertiary/aromatic N) is 3. The van der Waals surface area contributed by atoms with Crippen molar-refractivity contribution in [2.45, 2.75) is 74.7 Å². The molecule has 0 spiro atoms. The van der Waals surface area contributed by atoms with Crippen LogP contribution in [0.4, 0.5) is 5.82 Å². The fraction of sp³-hybridized carbons (Fsp3) is 0.500. The van der Waals surface area contributed by atoms with Crippen molar-refractivity contribution < 1.29 is 19.7 Å². The van der Waals surface area contributed by atoms with Crippen molar-refractivity contribution in [3.63, 3.8) is 0 Å². The molecule has 202 valence electrons. The lowest BCUT2D eigenvalue weighted by molar-refractivity contribution is -0.186. The largest absolute Gasteiger partial charge is 0.493 e. The Bertz CT molecular complexity index is 1430. The summed E-state index contributed by atoms with van der Waals surface area (Å²) in [7, 11) is 3.27. The third-order valence-electron chi connectivity index (χ3n) is 8.35. The summed E-state index contributed by atoms with van der Waals surface area (Å²) in [4.78, 5) is 5.60. The minimum absolute atomic E-state index is 0.00268. The van der Waals surface area contributed by atoms with Crippen molar-refractivity contribution in [2.24, 2.45) is 5.73 Å². The number of nitrogens with one attached hydrogen (secondary N) is 1. The van der Waals surface area contributed by atoms with Gasteiger partial charge < -0.3 is 30.7 Å². The molecule has 0 saturated heterocycles. The minimum Gasteiger partial charge on any atom is -0.493 e. The molecule has 38 heavy (non-hydrogen) atoms. The number of thiophene rings is 1. The first-order valence-electron chi connectivity index (χ1n) is 13.3. The Kier molecular flexibility index (Phi) is 6.46. The van der Waals surface area contributed by atoms with E-state index in [4.69, 9.17) is 20.3 Å². The number of nitrogens with two attached hydrogens (primary N) is 1. The summed E-state index contributed by atoms with van der Waals surface area (Å²) in [6.07, 6.45) is 7.42. The van der Waals surface area contributed by atoms with Gasteiger partial charge in [0.05, 0.1) is 36.5 Å². The molecular weight excluding hydrogens is 502 g/mol. The van der Waals surface area contributed by atoms with E-state index in [1.165, 1.54) is 0 Å². The summed E-state index contributed by atoms with van der Waals surface area (Å²) in [6, 6.07) is 9.89. The molecule has 2 aliphatic rings. The smallest absolute Gasteiger partial charge is 0.162 e. The van der Waals surface area contributed by atoms with Crippen LogP contribution in [0.1, 0.15) is 51.4 Å². The zero-order valence-corrected chi connectivity index (χ0v) is 22.6. The number of ether oxygens (including phenoxy) is 2. The number of aliphatic hydroxyl groups is 2. The number of methoxy groups -OCH3 is 2. The molecule has 10 heteroatoms. The fourth-order valence-corrected chi connectivity index (χ4v) is 7.40. The molecule has 4 atom stereocenters. The molecule has 4 unspecified atom stereocenters. The maximum atomic E-state index is 11.6. The minimum atomic E-state index is -1.15. The Morgan fingerprint density at radius 3 is 2.53 bits per heavy atom. The standard InChI is InChI=1S/C28H35N5O4S/c1-36-21-11-17-12-24(38-23(17)13-22(21)37-2)20-16-30-26-8-7-25(32-33(20)26)31-19-6-4-10-28(35,15-19)27(34)9-3-5-18(29)14-27/h7-8,11-13,16,18-19,34-35H,3-6,9-10,14-15,29H2,1-2H3,(H,31,32). The third kappa shape index (κ3) is 4.39. The highest BCUT2D eigenvalue weighted by molar-refractivity contribution is 7.22. The van der Waals surface area contributed by atoms with Gasteiger partial charge in [-0.15, -0.1) is 16.4 Å². The molecule has 3 heterocycles. The number of aromatic nitrogens is 3. The SMILES string of the molecule is COc1cc2cc(-c3cnc4ccc(NC5CCCC(O)(C6(O)CCCC(N)C6)C5)nn34)sc2cc1OC. The molecule has 2 saturated carbocycles. The van der Waals surface area contributed by atoms with Gasteiger partial charge >= 0.3 is 0 Å². The predicted octanol–water partition coefficient (Wildman–Crippen LogP) is 4.35. The van der Waals surface area contributed by atoms with Crippen LogP contribution in [0.3, 0.4) is 0 Å². The second-order valence-corrected chi connectivity index (χ2v) is 11.9. The van der Waals surface area contributed by atoms with Crippen LogP contribution < -0.4 is 20.5 Å². The molecule has 9 nitrogen and oxygen atoms in total. The highest BCUT2D eigenvalue weighted by atomic mass is 32.1. The molecule has 0 aliphatic heterocycles. The van der Waals surface area contributed by atoms with Crippen molar-refractivity contribution >= 4 is 32.9 Å². The van der Waals surface area contributed by atoms with Gasteiger partial charge in [0.2, 0.25) is 0 Å². The lowest BCUT2D eigenvalue weighted by atomic mass is 9.64. The van der Waals surface area contributed by atoms with Crippen LogP contribution in [-0.4, -0.2) is 62.3 Å². The first-order chi connectivity index (χ1) is 18.3. The molecule has 2 fully saturated rings. The Morgan fingerprint density at radius 1 is 1.03 bits per heavy atom. The van der Waals surface area contributed by atoms with Gasteiger partial charge in [-0.2, -0.15) is 0 Å². The molecule has 1 aromatic carbocycles. The zero-order valence-electron chi connectivity index (χ0n) is 21.8. The second-order valence-electron chi connectivity index (χ2n) is 10.8. The van der Waals surface area contributed by atoms with E-state index >= 15 is 0 Å². The van der Waals surface area contributed by atoms with E-state index in [9.17, 15) is 10.2 Å². The quantitative estimate of drug-likeness (QED) is 0.286. The van der Waals surface area contributed by atoms with Crippen molar-refractivity contribution in [3.8, 4) is 22.1 Å². The molecule has 0 amide bonds. The summed E-state index contributed by atoms with van der Waals surface area (Å²) >= 11 is 1.65. The normalized spacial score (nSPS) is 28.0. The van der Waals surface area contributed by atoms with Crippen LogP contribution in [0.25, 0.3) is 26.3 Å². The van der Waals surface area contributed by atoms with Gasteiger partial charge in [-0.1, -0.05) is 0 Å². The number of hydrogen-bond acceptors (Lipinski definition) is 9. The van der Waals surface area contributed by atoms with Crippen molar-refractivity contribution in [1.82, 2.24) is 14.6 Å². The number of imidazole rings is 1. The molecule has 0 radical (unpaired) electrons. The van der Waals surface area contributed by atoms with Gasteiger partial charge in [0, 0.05) is 22.8 Å². The summed E-state index contributed by atoms with van der Waals surface area (Å²) < 4.78 is 13.9. The number of benzene rings is 1. The summed E-state index contributed by atoms with van der Waals surface area (Å²) in [5.41, 5.74) is 5.54. The van der Waals surface area contributed by atoms with Crippen molar-refractivity contribution in [3.05, 3.63) is 36.5 Å². The molecule has 2 aliphatic carbocycles. The number of anilines is 1. The average Bonchev–Trinajstić information content (AvgIpc) is 3.50. The monoisotopic (exact) mass is 537 g/mol. The topological polar surface area (TPSA) is 127 Å². The van der Waals surface area contributed by atoms with Crippen LogP contribution in [-0.2, 0) is 0 Å². The van der Waals surface area contributed by atoms with Crippen LogP contribution in [0.5, 0.6) is 11.5 Å². The van der Waals surface area contributed by atoms with Gasteiger partial charge in [-0.3, -0.25) is 0 Å². The molecular formula is C28H35N5O4S. The van der Waals surface area contributed by atoms with E-state index in [1.54, 1.807) is 25.6 Å². The Labute approximate surface area is 225 Å². The fourth-order valence-electron chi connectivity index (χ4n) is 6.34. The van der Waals surface area contributed by atoms with Gasteiger partial charge in [0.15, 0.2) is 17.1 Å². The molecule has 0 bridgehead atoms. The van der Waals surface area contributed by atoms with Crippen LogP contribution in [0.2, 0.25) is 0 Å². The van der Waals surface area contributed by atoms with Crippen molar-refractivity contribution in [1.29, 1.82) is 0 Å². The van der Waals surface area contributed by atoms with E-state index < -0.39 is 11.2 Å². The van der Waals surface area contributed by atoms with Crippen LogP contribution in [0.15, 0.2) is 36.5 Å². The van der Waals surface area contributed by atoms with Gasteiger partial charge in [-0.05, 0) is 81.0 Å². The molecule has 5 N–H and O–H groups in total. The third-order valence-corrected chi connectivity index (χ3v) is 9.47. The number of rotatable bonds is 6. The average molecular weight is 538 g/mol. The van der Waals surface area contributed by atoms with E-state index in [0.717, 1.165) is 52.0 Å². The van der Waals surface area contributed by atoms with Gasteiger partial charge in [0.25, 0.3) is 0 Å². The molecule has 4 aromatic rings. The predicted molar refractivity (Wildman–Crippen MR) is 149 cm³/mol. The lowest BCUT2D eigenvalue weighted by Crippen LogP contribution is -2.61. The number of hydrogen-bond donors (Lipinski definition) is 4. The van der Waals surface area contributed by atoms with E-state index in [0.29, 0.717) is 43.0 Å². The van der Waals surface area contributed by atoms with Crippen LogP contribution >= 0.6 is 11.3 Å². The lowest BCUT2D eigenvalue weighted by Gasteiger charge is -2.50. The highest BCUT2D eigenvalue weighted by Gasteiger charge is 2.52. The molecule has 3 aromatic heterocycles. The maximum Gasteiger partial charge on any atom is 0.162 e. The first-order valence-corrected chi connectivity index (χ1v) is 14.1. The van der Waals surface area contributed by atoms with E-state index in [1.807, 2.05) is 35.0 Å². The zero-order chi connectivity index (χ0) is 26.5. The van der Waals surface area contributed by atoms with Gasteiger partial charge in [0.1, 0.15) is 11.5 Å². The van der Waals surface area contributed by atoms with Crippen molar-refractivity contribution in [2.75, 3.05) is 19.5 Å². The Hall–Kier alpha value is -2.92. The van der Waals surface area contributed by atoms with Crippen LogP contribution in [0, 0.1) is 0 Å². The molecule has 6 rings (SSSR count). The first kappa shape index (κ1) is 25.4. The summed E-state index contributed by atoms with van der Waals surface area (Å²) in [5.74, 6) is 2.10. The Morgan fingerprint density at radius 2 is 1.76 bits per heavy atom. The second kappa shape index (κ2) is 9.68. The van der Waals surface area contributed by atoms with Gasteiger partial charge in [-0.25, -0.2) is 9.50 Å². The van der Waals surface area contributed by atoms with E-state index in [-0.39, 0.29) is 12.1 Å².